The second-order valence-electron chi connectivity index (χ2n) is 5.53. The molecule has 0 saturated carbocycles. The van der Waals surface area contributed by atoms with Gasteiger partial charge >= 0.3 is 0 Å². The van der Waals surface area contributed by atoms with Crippen molar-refractivity contribution in [3.63, 3.8) is 0 Å². The fourth-order valence-electron chi connectivity index (χ4n) is 2.77. The lowest BCUT2D eigenvalue weighted by atomic mass is 9.98. The van der Waals surface area contributed by atoms with Crippen molar-refractivity contribution in [1.29, 1.82) is 0 Å². The Hall–Kier alpha value is -1.80. The molecule has 1 aliphatic heterocycles. The summed E-state index contributed by atoms with van der Waals surface area (Å²) in [5, 5.41) is 3.73. The van der Waals surface area contributed by atoms with Gasteiger partial charge in [0.15, 0.2) is 0 Å². The zero-order valence-corrected chi connectivity index (χ0v) is 12.1. The molecule has 20 heavy (non-hydrogen) atoms. The number of nitrogens with one attached hydrogen (secondary N) is 1. The molecule has 104 valence electrons. The van der Waals surface area contributed by atoms with Crippen LogP contribution >= 0.6 is 0 Å². The van der Waals surface area contributed by atoms with E-state index in [1.165, 1.54) is 16.7 Å². The molecule has 3 rings (SSSR count). The monoisotopic (exact) mass is 267 g/mol. The van der Waals surface area contributed by atoms with Gasteiger partial charge in [0, 0.05) is 24.1 Å². The molecule has 0 saturated heterocycles. The summed E-state index contributed by atoms with van der Waals surface area (Å²) < 4.78 is 5.72. The Labute approximate surface area is 120 Å². The van der Waals surface area contributed by atoms with E-state index in [0.29, 0.717) is 12.1 Å². The van der Waals surface area contributed by atoms with E-state index in [4.69, 9.17) is 4.74 Å². The highest BCUT2D eigenvalue weighted by molar-refractivity contribution is 5.37. The maximum atomic E-state index is 5.72. The molecule has 0 bridgehead atoms. The Morgan fingerprint density at radius 2 is 1.85 bits per heavy atom. The SMILES string of the molecule is Cc1ccc([C@H](C)NC2CCOc3ccccc32)cc1. The Bertz CT molecular complexity index is 576. The summed E-state index contributed by atoms with van der Waals surface area (Å²) in [7, 11) is 0. The van der Waals surface area contributed by atoms with E-state index in [2.05, 4.69) is 61.6 Å². The lowest BCUT2D eigenvalue weighted by Gasteiger charge is -2.29. The van der Waals surface area contributed by atoms with Crippen molar-refractivity contribution < 1.29 is 4.74 Å². The summed E-state index contributed by atoms with van der Waals surface area (Å²) in [5.74, 6) is 1.02. The van der Waals surface area contributed by atoms with Crippen LogP contribution in [-0.2, 0) is 0 Å². The number of fused-ring (bicyclic) bond motifs is 1. The maximum absolute atomic E-state index is 5.72. The van der Waals surface area contributed by atoms with Crippen LogP contribution in [0, 0.1) is 6.92 Å². The third-order valence-corrected chi connectivity index (χ3v) is 3.99. The number of ether oxygens (including phenoxy) is 1. The van der Waals surface area contributed by atoms with Crippen LogP contribution in [-0.4, -0.2) is 6.61 Å². The minimum absolute atomic E-state index is 0.340. The second kappa shape index (κ2) is 5.68. The first-order valence-electron chi connectivity index (χ1n) is 7.28. The highest BCUT2D eigenvalue weighted by Gasteiger charge is 2.22. The molecule has 2 aromatic rings. The van der Waals surface area contributed by atoms with E-state index in [1.54, 1.807) is 0 Å². The molecular weight excluding hydrogens is 246 g/mol. The molecule has 1 N–H and O–H groups in total. The highest BCUT2D eigenvalue weighted by Crippen LogP contribution is 2.33. The van der Waals surface area contributed by atoms with Gasteiger partial charge in [0.05, 0.1) is 6.61 Å². The van der Waals surface area contributed by atoms with Gasteiger partial charge in [0.2, 0.25) is 0 Å². The highest BCUT2D eigenvalue weighted by atomic mass is 16.5. The van der Waals surface area contributed by atoms with Crippen molar-refractivity contribution >= 4 is 0 Å². The molecule has 2 heteroatoms. The maximum Gasteiger partial charge on any atom is 0.124 e. The fraction of sp³-hybridized carbons (Fsp3) is 0.333. The molecule has 0 fully saturated rings. The van der Waals surface area contributed by atoms with E-state index in [1.807, 2.05) is 6.07 Å². The molecule has 0 aromatic heterocycles. The Balaban J connectivity index is 1.77. The van der Waals surface area contributed by atoms with Crippen LogP contribution in [0.25, 0.3) is 0 Å². The molecule has 0 amide bonds. The van der Waals surface area contributed by atoms with E-state index >= 15 is 0 Å². The van der Waals surface area contributed by atoms with Crippen LogP contribution in [0.4, 0.5) is 0 Å². The van der Waals surface area contributed by atoms with Gasteiger partial charge < -0.3 is 10.1 Å². The molecule has 1 unspecified atom stereocenters. The van der Waals surface area contributed by atoms with Gasteiger partial charge in [-0.05, 0) is 25.5 Å². The summed E-state index contributed by atoms with van der Waals surface area (Å²) in [5.41, 5.74) is 3.91. The number of benzene rings is 2. The first kappa shape index (κ1) is 13.2. The molecule has 2 nitrogen and oxygen atoms in total. The number of rotatable bonds is 3. The third kappa shape index (κ3) is 2.70. The normalized spacial score (nSPS) is 19.0. The Morgan fingerprint density at radius 3 is 2.65 bits per heavy atom. The number of para-hydroxylation sites is 1. The van der Waals surface area contributed by atoms with Gasteiger partial charge in [-0.25, -0.2) is 0 Å². The fourth-order valence-corrected chi connectivity index (χ4v) is 2.77. The van der Waals surface area contributed by atoms with Crippen molar-refractivity contribution in [2.45, 2.75) is 32.4 Å². The smallest absolute Gasteiger partial charge is 0.124 e. The van der Waals surface area contributed by atoms with Gasteiger partial charge in [0.1, 0.15) is 5.75 Å². The summed E-state index contributed by atoms with van der Waals surface area (Å²) in [6.45, 7) is 5.13. The van der Waals surface area contributed by atoms with Crippen molar-refractivity contribution in [1.82, 2.24) is 5.32 Å². The van der Waals surface area contributed by atoms with E-state index < -0.39 is 0 Å². The first-order chi connectivity index (χ1) is 9.74. The van der Waals surface area contributed by atoms with Crippen molar-refractivity contribution in [2.24, 2.45) is 0 Å². The van der Waals surface area contributed by atoms with E-state index in [9.17, 15) is 0 Å². The lowest BCUT2D eigenvalue weighted by molar-refractivity contribution is 0.246. The summed E-state index contributed by atoms with van der Waals surface area (Å²) in [6, 6.07) is 17.8. The third-order valence-electron chi connectivity index (χ3n) is 3.99. The van der Waals surface area contributed by atoms with Crippen molar-refractivity contribution in [3.8, 4) is 5.75 Å². The predicted molar refractivity (Wildman–Crippen MR) is 82.0 cm³/mol. The van der Waals surface area contributed by atoms with Crippen LogP contribution in [0.15, 0.2) is 48.5 Å². The number of hydrogen-bond acceptors (Lipinski definition) is 2. The lowest BCUT2D eigenvalue weighted by Crippen LogP contribution is -2.29. The van der Waals surface area contributed by atoms with Gasteiger partial charge in [-0.2, -0.15) is 0 Å². The topological polar surface area (TPSA) is 21.3 Å². The molecule has 1 heterocycles. The number of aryl methyl sites for hydroxylation is 1. The first-order valence-corrected chi connectivity index (χ1v) is 7.28. The summed E-state index contributed by atoms with van der Waals surface area (Å²) in [6.07, 6.45) is 1.02. The van der Waals surface area contributed by atoms with Crippen LogP contribution in [0.3, 0.4) is 0 Å². The molecule has 0 radical (unpaired) electrons. The van der Waals surface area contributed by atoms with E-state index in [0.717, 1.165) is 18.8 Å². The zero-order valence-electron chi connectivity index (χ0n) is 12.1. The van der Waals surface area contributed by atoms with Gasteiger partial charge in [-0.3, -0.25) is 0 Å². The molecule has 1 aliphatic rings. The van der Waals surface area contributed by atoms with Crippen molar-refractivity contribution in [3.05, 3.63) is 65.2 Å². The summed E-state index contributed by atoms with van der Waals surface area (Å²) in [4.78, 5) is 0. The minimum atomic E-state index is 0.340. The second-order valence-corrected chi connectivity index (χ2v) is 5.53. The Morgan fingerprint density at radius 1 is 1.10 bits per heavy atom. The molecule has 0 aliphatic carbocycles. The van der Waals surface area contributed by atoms with Crippen molar-refractivity contribution in [2.75, 3.05) is 6.61 Å². The van der Waals surface area contributed by atoms with Gasteiger partial charge in [0.25, 0.3) is 0 Å². The molecule has 2 atom stereocenters. The quantitative estimate of drug-likeness (QED) is 0.901. The zero-order chi connectivity index (χ0) is 13.9. The molecular formula is C18H21NO. The van der Waals surface area contributed by atoms with Crippen LogP contribution < -0.4 is 10.1 Å². The largest absolute Gasteiger partial charge is 0.493 e. The van der Waals surface area contributed by atoms with Crippen LogP contribution in [0.5, 0.6) is 5.75 Å². The average molecular weight is 267 g/mol. The minimum Gasteiger partial charge on any atom is -0.493 e. The van der Waals surface area contributed by atoms with Gasteiger partial charge in [-0.1, -0.05) is 48.0 Å². The predicted octanol–water partition coefficient (Wildman–Crippen LogP) is 4.17. The molecule has 0 spiro atoms. The standard InChI is InChI=1S/C18H21NO/c1-13-7-9-15(10-8-13)14(2)19-17-11-12-20-18-6-4-3-5-16(17)18/h3-10,14,17,19H,11-12H2,1-2H3/t14-,17?/m0/s1. The van der Waals surface area contributed by atoms with Crippen LogP contribution in [0.1, 0.15) is 42.1 Å². The van der Waals surface area contributed by atoms with Crippen LogP contribution in [0.2, 0.25) is 0 Å². The van der Waals surface area contributed by atoms with E-state index in [-0.39, 0.29) is 0 Å². The summed E-state index contributed by atoms with van der Waals surface area (Å²) >= 11 is 0. The average Bonchev–Trinajstić information content (AvgIpc) is 2.48. The Kier molecular flexibility index (Phi) is 3.75. The number of hydrogen-bond donors (Lipinski definition) is 1. The molecule has 2 aromatic carbocycles. The van der Waals surface area contributed by atoms with Gasteiger partial charge in [-0.15, -0.1) is 0 Å².